The molecule has 0 aromatic carbocycles. The van der Waals surface area contributed by atoms with Gasteiger partial charge in [0.2, 0.25) is 18.4 Å². The fourth-order valence-corrected chi connectivity index (χ4v) is 3.69. The Balaban J connectivity index is 1.45. The van der Waals surface area contributed by atoms with E-state index in [0.29, 0.717) is 42.6 Å². The lowest BCUT2D eigenvalue weighted by Crippen LogP contribution is -2.37. The topological polar surface area (TPSA) is 93.4 Å². The van der Waals surface area contributed by atoms with Crippen LogP contribution in [0.15, 0.2) is 22.7 Å². The summed E-state index contributed by atoms with van der Waals surface area (Å²) < 4.78 is 23.1. The van der Waals surface area contributed by atoms with Crippen LogP contribution in [-0.4, -0.2) is 44.7 Å². The third kappa shape index (κ3) is 3.44. The van der Waals surface area contributed by atoms with Crippen LogP contribution in [0.5, 0.6) is 5.75 Å². The van der Waals surface area contributed by atoms with Gasteiger partial charge in [0.05, 0.1) is 11.6 Å². The molecule has 1 aliphatic carbocycles. The summed E-state index contributed by atoms with van der Waals surface area (Å²) in [7, 11) is 0. The molecule has 1 aliphatic heterocycles. The van der Waals surface area contributed by atoms with Crippen LogP contribution in [0.3, 0.4) is 0 Å². The van der Waals surface area contributed by atoms with E-state index >= 15 is 0 Å². The normalized spacial score (nSPS) is 17.0. The van der Waals surface area contributed by atoms with Gasteiger partial charge in [0, 0.05) is 30.7 Å². The Labute approximate surface area is 172 Å². The number of rotatable bonds is 5. The van der Waals surface area contributed by atoms with E-state index in [1.807, 2.05) is 13.0 Å². The maximum atomic E-state index is 13.2. The number of carbonyl (C=O) groups excluding carboxylic acids is 1. The Morgan fingerprint density at radius 1 is 1.37 bits per heavy atom. The first-order chi connectivity index (χ1) is 14.4. The van der Waals surface area contributed by atoms with Gasteiger partial charge >= 0.3 is 0 Å². The number of amides is 1. The molecule has 0 radical (unpaired) electrons. The SMILES string of the molecule is Cc1cc2c(NC3(C)CC3)nc(C(=O)N3CCc4ncc(OCF)cc4C3)nc2o1. The van der Waals surface area contributed by atoms with E-state index in [9.17, 15) is 9.18 Å². The predicted octanol–water partition coefficient (Wildman–Crippen LogP) is 3.39. The van der Waals surface area contributed by atoms with Crippen molar-refractivity contribution < 1.29 is 18.3 Å². The summed E-state index contributed by atoms with van der Waals surface area (Å²) in [6, 6.07) is 3.61. The van der Waals surface area contributed by atoms with E-state index in [0.717, 1.165) is 29.5 Å². The molecule has 1 fully saturated rings. The molecule has 9 heteroatoms. The number of pyridine rings is 1. The number of hydrogen-bond acceptors (Lipinski definition) is 7. The average Bonchev–Trinajstić information content (AvgIpc) is 3.32. The quantitative estimate of drug-likeness (QED) is 0.688. The van der Waals surface area contributed by atoms with Gasteiger partial charge in [-0.15, -0.1) is 0 Å². The number of anilines is 1. The fraction of sp³-hybridized carbons (Fsp3) is 0.429. The zero-order valence-corrected chi connectivity index (χ0v) is 16.9. The van der Waals surface area contributed by atoms with Gasteiger partial charge in [0.15, 0.2) is 0 Å². The second-order valence-corrected chi connectivity index (χ2v) is 8.16. The highest BCUT2D eigenvalue weighted by atomic mass is 19.1. The van der Waals surface area contributed by atoms with E-state index in [1.165, 1.54) is 6.20 Å². The molecule has 0 saturated heterocycles. The van der Waals surface area contributed by atoms with Gasteiger partial charge in [0.1, 0.15) is 17.3 Å². The molecule has 156 valence electrons. The Morgan fingerprint density at radius 3 is 2.97 bits per heavy atom. The highest BCUT2D eigenvalue weighted by Crippen LogP contribution is 2.39. The van der Waals surface area contributed by atoms with Gasteiger partial charge in [-0.3, -0.25) is 9.78 Å². The van der Waals surface area contributed by atoms with Gasteiger partial charge in [-0.25, -0.2) is 9.37 Å². The molecule has 1 saturated carbocycles. The minimum atomic E-state index is -0.922. The highest BCUT2D eigenvalue weighted by Gasteiger charge is 2.38. The highest BCUT2D eigenvalue weighted by molar-refractivity contribution is 5.95. The van der Waals surface area contributed by atoms with Crippen LogP contribution >= 0.6 is 0 Å². The maximum absolute atomic E-state index is 13.2. The maximum Gasteiger partial charge on any atom is 0.292 e. The van der Waals surface area contributed by atoms with E-state index in [-0.39, 0.29) is 17.3 Å². The van der Waals surface area contributed by atoms with E-state index in [1.54, 1.807) is 11.0 Å². The zero-order valence-electron chi connectivity index (χ0n) is 16.9. The van der Waals surface area contributed by atoms with Gasteiger partial charge in [0.25, 0.3) is 5.91 Å². The van der Waals surface area contributed by atoms with E-state index in [2.05, 4.69) is 27.2 Å². The van der Waals surface area contributed by atoms with Crippen molar-refractivity contribution in [1.82, 2.24) is 19.9 Å². The van der Waals surface area contributed by atoms with Crippen LogP contribution in [0.1, 0.15) is 47.4 Å². The summed E-state index contributed by atoms with van der Waals surface area (Å²) in [6.07, 6.45) is 4.21. The molecule has 5 rings (SSSR count). The number of ether oxygens (including phenoxy) is 1. The third-order valence-corrected chi connectivity index (χ3v) is 5.65. The number of aryl methyl sites for hydroxylation is 1. The van der Waals surface area contributed by atoms with Gasteiger partial charge < -0.3 is 19.4 Å². The number of carbonyl (C=O) groups is 1. The molecule has 0 unspecified atom stereocenters. The summed E-state index contributed by atoms with van der Waals surface area (Å²) in [4.78, 5) is 28.2. The van der Waals surface area contributed by atoms with Crippen molar-refractivity contribution in [2.75, 3.05) is 18.7 Å². The van der Waals surface area contributed by atoms with Crippen molar-refractivity contribution in [2.24, 2.45) is 0 Å². The van der Waals surface area contributed by atoms with Gasteiger partial charge in [-0.2, -0.15) is 4.98 Å². The number of nitrogens with zero attached hydrogens (tertiary/aromatic N) is 4. The first kappa shape index (κ1) is 18.8. The molecule has 8 nitrogen and oxygen atoms in total. The fourth-order valence-electron chi connectivity index (χ4n) is 3.69. The number of furan rings is 1. The first-order valence-electron chi connectivity index (χ1n) is 9.96. The molecule has 30 heavy (non-hydrogen) atoms. The second-order valence-electron chi connectivity index (χ2n) is 8.16. The lowest BCUT2D eigenvalue weighted by Gasteiger charge is -2.28. The van der Waals surface area contributed by atoms with Crippen LogP contribution in [-0.2, 0) is 13.0 Å². The smallest absolute Gasteiger partial charge is 0.292 e. The minimum absolute atomic E-state index is 0.00463. The summed E-state index contributed by atoms with van der Waals surface area (Å²) in [5.74, 6) is 1.50. The first-order valence-corrected chi connectivity index (χ1v) is 9.96. The van der Waals surface area contributed by atoms with Crippen LogP contribution in [0.4, 0.5) is 10.2 Å². The summed E-state index contributed by atoms with van der Waals surface area (Å²) in [5.41, 5.74) is 2.11. The number of alkyl halides is 1. The minimum Gasteiger partial charge on any atom is -0.461 e. The second kappa shape index (κ2) is 6.93. The molecule has 0 atom stereocenters. The number of fused-ring (bicyclic) bond motifs is 2. The van der Waals surface area contributed by atoms with Crippen LogP contribution in [0.25, 0.3) is 11.1 Å². The number of aromatic nitrogens is 3. The largest absolute Gasteiger partial charge is 0.461 e. The summed E-state index contributed by atoms with van der Waals surface area (Å²) in [5, 5.41) is 4.22. The van der Waals surface area contributed by atoms with Crippen molar-refractivity contribution in [3.63, 3.8) is 0 Å². The lowest BCUT2D eigenvalue weighted by molar-refractivity contribution is 0.0720. The number of nitrogens with one attached hydrogen (secondary N) is 1. The van der Waals surface area contributed by atoms with E-state index in [4.69, 9.17) is 9.15 Å². The Bertz CT molecular complexity index is 1140. The monoisotopic (exact) mass is 411 g/mol. The molecule has 1 amide bonds. The van der Waals surface area contributed by atoms with Crippen molar-refractivity contribution in [2.45, 2.75) is 45.2 Å². The van der Waals surface area contributed by atoms with Gasteiger partial charge in [-0.1, -0.05) is 0 Å². The summed E-state index contributed by atoms with van der Waals surface area (Å²) in [6.45, 7) is 3.89. The van der Waals surface area contributed by atoms with Crippen LogP contribution < -0.4 is 10.1 Å². The Kier molecular flexibility index (Phi) is 4.34. The van der Waals surface area contributed by atoms with Gasteiger partial charge in [-0.05, 0) is 44.4 Å². The zero-order chi connectivity index (χ0) is 20.9. The molecule has 0 spiro atoms. The predicted molar refractivity (Wildman–Crippen MR) is 107 cm³/mol. The van der Waals surface area contributed by atoms with Crippen LogP contribution in [0.2, 0.25) is 0 Å². The molecule has 1 N–H and O–H groups in total. The van der Waals surface area contributed by atoms with Crippen molar-refractivity contribution in [1.29, 1.82) is 0 Å². The third-order valence-electron chi connectivity index (χ3n) is 5.65. The molecule has 3 aromatic heterocycles. The average molecular weight is 411 g/mol. The van der Waals surface area contributed by atoms with Crippen molar-refractivity contribution in [3.8, 4) is 5.75 Å². The standard InChI is InChI=1S/C21H22FN5O3/c1-12-7-15-17(26-21(2)4-5-21)24-18(25-19(15)30-12)20(28)27-6-3-16-13(10-27)8-14(9-23-16)29-11-22/h7-9H,3-6,10-11H2,1-2H3,(H,24,25,26). The number of halogens is 1. The molecule has 0 bridgehead atoms. The molecular formula is C21H22FN5O3. The molecule has 2 aliphatic rings. The number of hydrogen-bond donors (Lipinski definition) is 1. The molecule has 3 aromatic rings. The summed E-state index contributed by atoms with van der Waals surface area (Å²) >= 11 is 0. The van der Waals surface area contributed by atoms with Crippen LogP contribution in [0, 0.1) is 6.92 Å². The van der Waals surface area contributed by atoms with E-state index < -0.39 is 6.86 Å². The van der Waals surface area contributed by atoms with Crippen molar-refractivity contribution in [3.05, 3.63) is 41.2 Å². The Hall–Kier alpha value is -3.23. The molecule has 4 heterocycles. The lowest BCUT2D eigenvalue weighted by atomic mass is 10.1. The van der Waals surface area contributed by atoms with Crippen molar-refractivity contribution >= 4 is 22.8 Å². The molecular weight excluding hydrogens is 389 g/mol. The Morgan fingerprint density at radius 2 is 2.20 bits per heavy atom.